The normalized spacial score (nSPS) is 11.9. The largest absolute Gasteiger partial charge is 0.508 e. The SMILES string of the molecule is COc1ccccc1C(O)COc1cccc(O)c1. The summed E-state index contributed by atoms with van der Waals surface area (Å²) in [5, 5.41) is 19.4. The molecule has 4 nitrogen and oxygen atoms in total. The van der Waals surface area contributed by atoms with Gasteiger partial charge in [0.2, 0.25) is 0 Å². The summed E-state index contributed by atoms with van der Waals surface area (Å²) in [7, 11) is 1.56. The van der Waals surface area contributed by atoms with E-state index in [0.29, 0.717) is 17.1 Å². The van der Waals surface area contributed by atoms with Gasteiger partial charge in [-0.25, -0.2) is 0 Å². The smallest absolute Gasteiger partial charge is 0.124 e. The Labute approximate surface area is 111 Å². The lowest BCUT2D eigenvalue weighted by Gasteiger charge is -2.15. The molecule has 2 N–H and O–H groups in total. The van der Waals surface area contributed by atoms with Crippen molar-refractivity contribution in [2.45, 2.75) is 6.10 Å². The second-order valence-electron chi connectivity index (χ2n) is 4.07. The molecule has 1 atom stereocenters. The van der Waals surface area contributed by atoms with Crippen molar-refractivity contribution in [3.8, 4) is 17.2 Å². The van der Waals surface area contributed by atoms with Gasteiger partial charge in [0, 0.05) is 11.6 Å². The Hall–Kier alpha value is -2.20. The summed E-state index contributed by atoms with van der Waals surface area (Å²) in [5.41, 5.74) is 0.671. The van der Waals surface area contributed by atoms with Crippen LogP contribution in [0.1, 0.15) is 11.7 Å². The number of hydrogen-bond acceptors (Lipinski definition) is 4. The number of para-hydroxylation sites is 1. The van der Waals surface area contributed by atoms with Crippen LogP contribution in [0.3, 0.4) is 0 Å². The van der Waals surface area contributed by atoms with Gasteiger partial charge in [0.05, 0.1) is 7.11 Å². The molecule has 1 unspecified atom stereocenters. The number of aliphatic hydroxyl groups excluding tert-OH is 1. The van der Waals surface area contributed by atoms with Crippen LogP contribution < -0.4 is 9.47 Å². The molecule has 0 amide bonds. The number of benzene rings is 2. The van der Waals surface area contributed by atoms with Gasteiger partial charge in [-0.15, -0.1) is 0 Å². The average molecular weight is 260 g/mol. The Bertz CT molecular complexity index is 539. The molecule has 0 bridgehead atoms. The molecule has 0 saturated heterocycles. The second kappa shape index (κ2) is 6.11. The van der Waals surface area contributed by atoms with Crippen LogP contribution in [0.5, 0.6) is 17.2 Å². The molecule has 0 spiro atoms. The lowest BCUT2D eigenvalue weighted by atomic mass is 10.1. The zero-order valence-electron chi connectivity index (χ0n) is 10.6. The van der Waals surface area contributed by atoms with E-state index in [9.17, 15) is 10.2 Å². The maximum Gasteiger partial charge on any atom is 0.124 e. The van der Waals surface area contributed by atoms with Crippen molar-refractivity contribution in [2.24, 2.45) is 0 Å². The summed E-state index contributed by atoms with van der Waals surface area (Å²) in [6.45, 7) is 0.0871. The van der Waals surface area contributed by atoms with E-state index in [4.69, 9.17) is 9.47 Å². The third-order valence-corrected chi connectivity index (χ3v) is 2.72. The topological polar surface area (TPSA) is 58.9 Å². The van der Waals surface area contributed by atoms with E-state index >= 15 is 0 Å². The van der Waals surface area contributed by atoms with E-state index in [1.165, 1.54) is 6.07 Å². The third kappa shape index (κ3) is 3.39. The standard InChI is InChI=1S/C15H16O4/c1-18-15-8-3-2-7-13(15)14(17)10-19-12-6-4-5-11(16)9-12/h2-9,14,16-17H,10H2,1H3. The third-order valence-electron chi connectivity index (χ3n) is 2.72. The van der Waals surface area contributed by atoms with E-state index in [1.807, 2.05) is 12.1 Å². The van der Waals surface area contributed by atoms with Crippen LogP contribution in [0.4, 0.5) is 0 Å². The first-order valence-corrected chi connectivity index (χ1v) is 5.93. The Morgan fingerprint density at radius 3 is 2.63 bits per heavy atom. The van der Waals surface area contributed by atoms with Crippen molar-refractivity contribution in [2.75, 3.05) is 13.7 Å². The second-order valence-corrected chi connectivity index (χ2v) is 4.07. The molecule has 0 saturated carbocycles. The predicted octanol–water partition coefficient (Wildman–Crippen LogP) is 2.51. The minimum Gasteiger partial charge on any atom is -0.508 e. The number of methoxy groups -OCH3 is 1. The van der Waals surface area contributed by atoms with Gasteiger partial charge in [0.25, 0.3) is 0 Å². The molecule has 2 aromatic carbocycles. The van der Waals surface area contributed by atoms with Crippen LogP contribution in [0.2, 0.25) is 0 Å². The van der Waals surface area contributed by atoms with Crippen molar-refractivity contribution in [1.82, 2.24) is 0 Å². The number of ether oxygens (including phenoxy) is 2. The van der Waals surface area contributed by atoms with Crippen LogP contribution in [-0.2, 0) is 0 Å². The molecule has 0 heterocycles. The van der Waals surface area contributed by atoms with E-state index in [0.717, 1.165) is 0 Å². The maximum atomic E-state index is 10.1. The quantitative estimate of drug-likeness (QED) is 0.867. The summed E-state index contributed by atoms with van der Waals surface area (Å²) in [6.07, 6.45) is -0.793. The highest BCUT2D eigenvalue weighted by Gasteiger charge is 2.13. The number of aliphatic hydroxyl groups is 1. The van der Waals surface area contributed by atoms with E-state index in [-0.39, 0.29) is 12.4 Å². The van der Waals surface area contributed by atoms with Crippen LogP contribution in [0.25, 0.3) is 0 Å². The number of phenols is 1. The molecule has 0 aliphatic heterocycles. The van der Waals surface area contributed by atoms with E-state index in [2.05, 4.69) is 0 Å². The Morgan fingerprint density at radius 2 is 1.89 bits per heavy atom. The minimum atomic E-state index is -0.793. The summed E-state index contributed by atoms with van der Waals surface area (Å²) in [4.78, 5) is 0. The summed E-state index contributed by atoms with van der Waals surface area (Å²) >= 11 is 0. The highest BCUT2D eigenvalue weighted by molar-refractivity contribution is 5.35. The molecule has 2 aromatic rings. The lowest BCUT2D eigenvalue weighted by molar-refractivity contribution is 0.105. The van der Waals surface area contributed by atoms with Crippen molar-refractivity contribution in [3.05, 3.63) is 54.1 Å². The van der Waals surface area contributed by atoms with Crippen molar-refractivity contribution in [1.29, 1.82) is 0 Å². The Morgan fingerprint density at radius 1 is 1.11 bits per heavy atom. The van der Waals surface area contributed by atoms with Crippen molar-refractivity contribution < 1.29 is 19.7 Å². The molecular formula is C15H16O4. The van der Waals surface area contributed by atoms with Crippen LogP contribution in [-0.4, -0.2) is 23.9 Å². The van der Waals surface area contributed by atoms with Gasteiger partial charge >= 0.3 is 0 Å². The lowest BCUT2D eigenvalue weighted by Crippen LogP contribution is -2.10. The fourth-order valence-corrected chi connectivity index (χ4v) is 1.78. The monoisotopic (exact) mass is 260 g/mol. The fraction of sp³-hybridized carbons (Fsp3) is 0.200. The van der Waals surface area contributed by atoms with Crippen LogP contribution >= 0.6 is 0 Å². The van der Waals surface area contributed by atoms with Gasteiger partial charge in [0.15, 0.2) is 0 Å². The minimum absolute atomic E-state index is 0.0871. The van der Waals surface area contributed by atoms with E-state index in [1.54, 1.807) is 37.4 Å². The molecular weight excluding hydrogens is 244 g/mol. The van der Waals surface area contributed by atoms with Gasteiger partial charge in [-0.1, -0.05) is 24.3 Å². The van der Waals surface area contributed by atoms with Gasteiger partial charge in [-0.2, -0.15) is 0 Å². The Kier molecular flexibility index (Phi) is 4.26. The maximum absolute atomic E-state index is 10.1. The molecule has 19 heavy (non-hydrogen) atoms. The highest BCUT2D eigenvalue weighted by atomic mass is 16.5. The summed E-state index contributed by atoms with van der Waals surface area (Å²) in [5.74, 6) is 1.26. The molecule has 4 heteroatoms. The zero-order valence-corrected chi connectivity index (χ0v) is 10.6. The first kappa shape index (κ1) is 13.2. The van der Waals surface area contributed by atoms with E-state index < -0.39 is 6.10 Å². The fourth-order valence-electron chi connectivity index (χ4n) is 1.78. The zero-order chi connectivity index (χ0) is 13.7. The average Bonchev–Trinajstić information content (AvgIpc) is 2.45. The number of rotatable bonds is 5. The van der Waals surface area contributed by atoms with Gasteiger partial charge in [-0.05, 0) is 18.2 Å². The van der Waals surface area contributed by atoms with Crippen LogP contribution in [0, 0.1) is 0 Å². The molecule has 0 aliphatic carbocycles. The molecule has 0 aromatic heterocycles. The number of hydrogen-bond donors (Lipinski definition) is 2. The predicted molar refractivity (Wildman–Crippen MR) is 71.6 cm³/mol. The molecule has 0 radical (unpaired) electrons. The molecule has 100 valence electrons. The molecule has 2 rings (SSSR count). The first-order chi connectivity index (χ1) is 9.20. The number of phenolic OH excluding ortho intramolecular Hbond substituents is 1. The first-order valence-electron chi connectivity index (χ1n) is 5.93. The Balaban J connectivity index is 2.03. The molecule has 0 fully saturated rings. The van der Waals surface area contributed by atoms with Crippen molar-refractivity contribution >= 4 is 0 Å². The van der Waals surface area contributed by atoms with Gasteiger partial charge in [0.1, 0.15) is 30.0 Å². The highest BCUT2D eigenvalue weighted by Crippen LogP contribution is 2.26. The van der Waals surface area contributed by atoms with Crippen molar-refractivity contribution in [3.63, 3.8) is 0 Å². The van der Waals surface area contributed by atoms with Crippen LogP contribution in [0.15, 0.2) is 48.5 Å². The number of aromatic hydroxyl groups is 1. The molecule has 0 aliphatic rings. The van der Waals surface area contributed by atoms with Gasteiger partial charge < -0.3 is 19.7 Å². The summed E-state index contributed by atoms with van der Waals surface area (Å²) in [6, 6.07) is 13.7. The summed E-state index contributed by atoms with van der Waals surface area (Å²) < 4.78 is 10.6. The van der Waals surface area contributed by atoms with Gasteiger partial charge in [-0.3, -0.25) is 0 Å².